The van der Waals surface area contributed by atoms with Crippen LogP contribution in [0.3, 0.4) is 0 Å². The Morgan fingerprint density at radius 3 is 2.38 bits per heavy atom. The summed E-state index contributed by atoms with van der Waals surface area (Å²) >= 11 is 6.14. The van der Waals surface area contributed by atoms with Gasteiger partial charge < -0.3 is 10.1 Å². The van der Waals surface area contributed by atoms with E-state index in [2.05, 4.69) is 5.32 Å². The van der Waals surface area contributed by atoms with Gasteiger partial charge in [-0.15, -0.1) is 0 Å². The standard InChI is InChI=1S/C22H28ClN3O6S2/c1-32-20-11-10-18(14-21(20)34(30,31)25-12-6-3-7-13-25)24-22(27)16-26(33(2,28)29)15-17-8-4-5-9-19(17)23/h4-5,8-11,14H,3,6-7,12-13,15-16H2,1-2H3,(H,24,27). The van der Waals surface area contributed by atoms with Crippen molar-refractivity contribution in [2.24, 2.45) is 0 Å². The molecule has 1 fully saturated rings. The zero-order chi connectivity index (χ0) is 24.9. The van der Waals surface area contributed by atoms with Crippen molar-refractivity contribution in [2.45, 2.75) is 30.7 Å². The molecule has 0 bridgehead atoms. The normalized spacial score (nSPS) is 15.3. The number of carbonyl (C=O) groups excluding carboxylic acids is 1. The van der Waals surface area contributed by atoms with Gasteiger partial charge in [0.25, 0.3) is 0 Å². The van der Waals surface area contributed by atoms with Gasteiger partial charge in [0, 0.05) is 30.3 Å². The van der Waals surface area contributed by atoms with Crippen LogP contribution in [0.25, 0.3) is 0 Å². The summed E-state index contributed by atoms with van der Waals surface area (Å²) in [5.74, 6) is -0.455. The lowest BCUT2D eigenvalue weighted by Gasteiger charge is -2.26. The molecule has 0 spiro atoms. The van der Waals surface area contributed by atoms with Gasteiger partial charge in [0.05, 0.1) is 19.9 Å². The predicted molar refractivity (Wildman–Crippen MR) is 131 cm³/mol. The largest absolute Gasteiger partial charge is 0.495 e. The first-order valence-corrected chi connectivity index (χ1v) is 14.4. The summed E-state index contributed by atoms with van der Waals surface area (Å²) in [7, 11) is -6.17. The predicted octanol–water partition coefficient (Wildman–Crippen LogP) is 2.92. The number of carbonyl (C=O) groups is 1. The third-order valence-electron chi connectivity index (χ3n) is 5.47. The third-order valence-corrected chi connectivity index (χ3v) is 8.96. The van der Waals surface area contributed by atoms with Gasteiger partial charge in [-0.25, -0.2) is 16.8 Å². The first kappa shape index (κ1) is 26.4. The zero-order valence-corrected chi connectivity index (χ0v) is 21.4. The molecular weight excluding hydrogens is 502 g/mol. The van der Waals surface area contributed by atoms with Gasteiger partial charge in [-0.1, -0.05) is 36.2 Å². The molecule has 0 radical (unpaired) electrons. The van der Waals surface area contributed by atoms with Gasteiger partial charge in [-0.2, -0.15) is 8.61 Å². The molecule has 1 saturated heterocycles. The number of hydrogen-bond acceptors (Lipinski definition) is 6. The first-order valence-electron chi connectivity index (χ1n) is 10.7. The summed E-state index contributed by atoms with van der Waals surface area (Å²) in [5.41, 5.74) is 0.773. The van der Waals surface area contributed by atoms with E-state index >= 15 is 0 Å². The highest BCUT2D eigenvalue weighted by molar-refractivity contribution is 7.89. The maximum atomic E-state index is 13.2. The number of nitrogens with zero attached hydrogens (tertiary/aromatic N) is 2. The second-order valence-corrected chi connectivity index (χ2v) is 12.3. The fourth-order valence-corrected chi connectivity index (χ4v) is 6.29. The van der Waals surface area contributed by atoms with Crippen molar-refractivity contribution in [3.63, 3.8) is 0 Å². The summed E-state index contributed by atoms with van der Waals surface area (Å²) in [6.07, 6.45) is 3.55. The maximum absolute atomic E-state index is 13.2. The van der Waals surface area contributed by atoms with Crippen LogP contribution in [0.15, 0.2) is 47.4 Å². The van der Waals surface area contributed by atoms with E-state index in [1.54, 1.807) is 24.3 Å². The average Bonchev–Trinajstić information content (AvgIpc) is 2.80. The Morgan fingerprint density at radius 2 is 1.76 bits per heavy atom. The van der Waals surface area contributed by atoms with Crippen molar-refractivity contribution in [3.05, 3.63) is 53.1 Å². The summed E-state index contributed by atoms with van der Waals surface area (Å²) in [6, 6.07) is 11.1. The molecular formula is C22H28ClN3O6S2. The SMILES string of the molecule is COc1ccc(NC(=O)CN(Cc2ccccc2Cl)S(C)(=O)=O)cc1S(=O)(=O)N1CCCCC1. The van der Waals surface area contributed by atoms with E-state index < -0.39 is 32.5 Å². The van der Waals surface area contributed by atoms with Crippen LogP contribution in [0, 0.1) is 0 Å². The molecule has 1 heterocycles. The second kappa shape index (κ2) is 11.0. The smallest absolute Gasteiger partial charge is 0.246 e. The number of sulfonamides is 2. The molecule has 34 heavy (non-hydrogen) atoms. The van der Waals surface area contributed by atoms with E-state index in [1.165, 1.54) is 29.6 Å². The van der Waals surface area contributed by atoms with E-state index in [4.69, 9.17) is 16.3 Å². The van der Waals surface area contributed by atoms with Crippen molar-refractivity contribution in [1.29, 1.82) is 0 Å². The summed E-state index contributed by atoms with van der Waals surface area (Å²) < 4.78 is 58.6. The summed E-state index contributed by atoms with van der Waals surface area (Å²) in [4.78, 5) is 12.7. The third kappa shape index (κ3) is 6.48. The van der Waals surface area contributed by atoms with Crippen molar-refractivity contribution >= 4 is 43.2 Å². The molecule has 1 N–H and O–H groups in total. The van der Waals surface area contributed by atoms with Gasteiger partial charge in [-0.3, -0.25) is 4.79 Å². The van der Waals surface area contributed by atoms with Crippen LogP contribution in [0.5, 0.6) is 5.75 Å². The van der Waals surface area contributed by atoms with E-state index in [0.29, 0.717) is 23.7 Å². The molecule has 0 unspecified atom stereocenters. The van der Waals surface area contributed by atoms with Gasteiger partial charge >= 0.3 is 0 Å². The lowest BCUT2D eigenvalue weighted by molar-refractivity contribution is -0.116. The number of halogens is 1. The van der Waals surface area contributed by atoms with Crippen LogP contribution < -0.4 is 10.1 Å². The van der Waals surface area contributed by atoms with Crippen molar-refractivity contribution in [1.82, 2.24) is 8.61 Å². The molecule has 0 atom stereocenters. The fourth-order valence-electron chi connectivity index (χ4n) is 3.67. The Balaban J connectivity index is 1.80. The molecule has 186 valence electrons. The Labute approximate surface area is 205 Å². The van der Waals surface area contributed by atoms with E-state index in [-0.39, 0.29) is 22.9 Å². The van der Waals surface area contributed by atoms with Crippen LogP contribution in [0.1, 0.15) is 24.8 Å². The Morgan fingerprint density at radius 1 is 1.09 bits per heavy atom. The van der Waals surface area contributed by atoms with Crippen LogP contribution in [0.2, 0.25) is 5.02 Å². The highest BCUT2D eigenvalue weighted by Gasteiger charge is 2.29. The van der Waals surface area contributed by atoms with Crippen molar-refractivity contribution in [2.75, 3.05) is 38.3 Å². The topological polar surface area (TPSA) is 113 Å². The molecule has 1 aliphatic heterocycles. The van der Waals surface area contributed by atoms with Crippen molar-refractivity contribution in [3.8, 4) is 5.75 Å². The number of piperidine rings is 1. The molecule has 0 aromatic heterocycles. The molecule has 12 heteroatoms. The van der Waals surface area contributed by atoms with Gasteiger partial charge in [0.15, 0.2) is 0 Å². The quantitative estimate of drug-likeness (QED) is 0.534. The van der Waals surface area contributed by atoms with Crippen LogP contribution in [-0.4, -0.2) is 64.4 Å². The van der Waals surface area contributed by atoms with Gasteiger partial charge in [0.2, 0.25) is 26.0 Å². The Bertz CT molecular complexity index is 1250. The minimum Gasteiger partial charge on any atom is -0.495 e. The van der Waals surface area contributed by atoms with Gasteiger partial charge in [-0.05, 0) is 42.7 Å². The minimum atomic E-state index is -3.82. The molecule has 0 aliphatic carbocycles. The van der Waals surface area contributed by atoms with Crippen LogP contribution in [-0.2, 0) is 31.4 Å². The number of anilines is 1. The number of benzene rings is 2. The maximum Gasteiger partial charge on any atom is 0.246 e. The average molecular weight is 530 g/mol. The first-order chi connectivity index (χ1) is 16.0. The van der Waals surface area contributed by atoms with E-state index in [9.17, 15) is 21.6 Å². The zero-order valence-electron chi connectivity index (χ0n) is 19.0. The number of rotatable bonds is 9. The lowest BCUT2D eigenvalue weighted by Crippen LogP contribution is -2.37. The second-order valence-electron chi connectivity index (χ2n) is 8.00. The molecule has 0 saturated carbocycles. The molecule has 1 aliphatic rings. The van der Waals surface area contributed by atoms with Gasteiger partial charge in [0.1, 0.15) is 10.6 Å². The lowest BCUT2D eigenvalue weighted by atomic mass is 10.2. The number of hydrogen-bond donors (Lipinski definition) is 1. The highest BCUT2D eigenvalue weighted by atomic mass is 35.5. The monoisotopic (exact) mass is 529 g/mol. The Hall–Kier alpha value is -2.18. The molecule has 2 aromatic carbocycles. The van der Waals surface area contributed by atoms with Crippen LogP contribution >= 0.6 is 11.6 Å². The molecule has 9 nitrogen and oxygen atoms in total. The summed E-state index contributed by atoms with van der Waals surface area (Å²) in [5, 5.41) is 2.98. The number of methoxy groups -OCH3 is 1. The van der Waals surface area contributed by atoms with Crippen molar-refractivity contribution < 1.29 is 26.4 Å². The summed E-state index contributed by atoms with van der Waals surface area (Å²) in [6.45, 7) is 0.300. The van der Waals surface area contributed by atoms with E-state index in [0.717, 1.165) is 29.8 Å². The molecule has 3 rings (SSSR count). The van der Waals surface area contributed by atoms with Crippen LogP contribution in [0.4, 0.5) is 5.69 Å². The minimum absolute atomic E-state index is 0.0502. The number of ether oxygens (including phenoxy) is 1. The molecule has 1 amide bonds. The molecule has 2 aromatic rings. The van der Waals surface area contributed by atoms with E-state index in [1.807, 2.05) is 0 Å². The Kier molecular flexibility index (Phi) is 8.58. The highest BCUT2D eigenvalue weighted by Crippen LogP contribution is 2.31. The fraction of sp³-hybridized carbons (Fsp3) is 0.409. The number of amides is 1. The number of nitrogens with one attached hydrogen (secondary N) is 1.